The molecule has 0 aromatic carbocycles. The van der Waals surface area contributed by atoms with Gasteiger partial charge in [0, 0.05) is 19.2 Å². The summed E-state index contributed by atoms with van der Waals surface area (Å²) in [5.74, 6) is 2.28. The first kappa shape index (κ1) is 10.4. The molecule has 0 radical (unpaired) electrons. The Morgan fingerprint density at radius 3 is 2.86 bits per heavy atom. The van der Waals surface area contributed by atoms with Gasteiger partial charge >= 0.3 is 5.97 Å². The fourth-order valence-electron chi connectivity index (χ4n) is 1.23. The number of carbonyl (C=O) groups is 1. The molecule has 1 atom stereocenters. The standard InChI is InChI=1S/C11H13NO2/c1-5-8(2)9-6-10(11(13)14-4)12(3)7-9/h1,6-8H,2-4H3. The van der Waals surface area contributed by atoms with Gasteiger partial charge in [0.05, 0.1) is 7.11 Å². The number of ether oxygens (including phenoxy) is 1. The third kappa shape index (κ3) is 1.80. The quantitative estimate of drug-likeness (QED) is 0.524. The summed E-state index contributed by atoms with van der Waals surface area (Å²) in [5.41, 5.74) is 1.47. The Kier molecular flexibility index (Phi) is 2.98. The van der Waals surface area contributed by atoms with Crippen molar-refractivity contribution in [1.82, 2.24) is 4.57 Å². The van der Waals surface area contributed by atoms with Gasteiger partial charge in [-0.2, -0.15) is 0 Å². The molecule has 0 amide bonds. The van der Waals surface area contributed by atoms with E-state index >= 15 is 0 Å². The molecule has 1 unspecified atom stereocenters. The highest BCUT2D eigenvalue weighted by molar-refractivity contribution is 5.88. The number of carbonyl (C=O) groups excluding carboxylic acids is 1. The molecule has 0 spiro atoms. The number of rotatable bonds is 2. The Bertz CT molecular complexity index is 384. The van der Waals surface area contributed by atoms with Crippen molar-refractivity contribution in [3.8, 4) is 12.3 Å². The van der Waals surface area contributed by atoms with Gasteiger partial charge in [0.2, 0.25) is 0 Å². The zero-order valence-electron chi connectivity index (χ0n) is 8.57. The van der Waals surface area contributed by atoms with E-state index in [-0.39, 0.29) is 11.9 Å². The summed E-state index contributed by atoms with van der Waals surface area (Å²) in [6.45, 7) is 1.91. The average molecular weight is 191 g/mol. The minimum absolute atomic E-state index is 0.0135. The molecule has 0 aliphatic heterocycles. The van der Waals surface area contributed by atoms with E-state index in [9.17, 15) is 4.79 Å². The van der Waals surface area contributed by atoms with Crippen LogP contribution in [-0.2, 0) is 11.8 Å². The molecular formula is C11H13NO2. The monoisotopic (exact) mass is 191 g/mol. The molecule has 0 saturated heterocycles. The lowest BCUT2D eigenvalue weighted by molar-refractivity contribution is 0.0590. The maximum Gasteiger partial charge on any atom is 0.354 e. The zero-order valence-corrected chi connectivity index (χ0v) is 8.57. The summed E-state index contributed by atoms with van der Waals surface area (Å²) in [6, 6.07) is 1.76. The van der Waals surface area contributed by atoms with E-state index in [0.717, 1.165) is 5.56 Å². The van der Waals surface area contributed by atoms with Gasteiger partial charge in [-0.1, -0.05) is 5.92 Å². The summed E-state index contributed by atoms with van der Waals surface area (Å²) < 4.78 is 6.35. The summed E-state index contributed by atoms with van der Waals surface area (Å²) >= 11 is 0. The van der Waals surface area contributed by atoms with Gasteiger partial charge in [0.25, 0.3) is 0 Å². The predicted octanol–water partition coefficient (Wildman–Crippen LogP) is 1.55. The van der Waals surface area contributed by atoms with E-state index in [1.54, 1.807) is 17.7 Å². The van der Waals surface area contributed by atoms with Crippen LogP contribution in [-0.4, -0.2) is 17.6 Å². The van der Waals surface area contributed by atoms with Crippen LogP contribution >= 0.6 is 0 Å². The first-order valence-corrected chi connectivity index (χ1v) is 4.30. The first-order valence-electron chi connectivity index (χ1n) is 4.30. The lowest BCUT2D eigenvalue weighted by Crippen LogP contribution is -2.06. The van der Waals surface area contributed by atoms with Crippen molar-refractivity contribution in [3.63, 3.8) is 0 Å². The van der Waals surface area contributed by atoms with E-state index < -0.39 is 0 Å². The topological polar surface area (TPSA) is 31.2 Å². The summed E-state index contributed by atoms with van der Waals surface area (Å²) in [5, 5.41) is 0. The van der Waals surface area contributed by atoms with Gasteiger partial charge in [0.1, 0.15) is 5.69 Å². The van der Waals surface area contributed by atoms with E-state index in [4.69, 9.17) is 6.42 Å². The van der Waals surface area contributed by atoms with Crippen LogP contribution in [0, 0.1) is 12.3 Å². The summed E-state index contributed by atoms with van der Waals surface area (Å²) in [4.78, 5) is 11.3. The number of hydrogen-bond donors (Lipinski definition) is 0. The largest absolute Gasteiger partial charge is 0.464 e. The van der Waals surface area contributed by atoms with Crippen molar-refractivity contribution in [3.05, 3.63) is 23.5 Å². The van der Waals surface area contributed by atoms with Crippen molar-refractivity contribution >= 4 is 5.97 Å². The van der Waals surface area contributed by atoms with Crippen molar-refractivity contribution in [2.45, 2.75) is 12.8 Å². The Morgan fingerprint density at radius 2 is 2.36 bits per heavy atom. The molecule has 0 bridgehead atoms. The van der Waals surface area contributed by atoms with Crippen LogP contribution in [0.5, 0.6) is 0 Å². The maximum absolute atomic E-state index is 11.3. The van der Waals surface area contributed by atoms with Gasteiger partial charge in [-0.05, 0) is 18.6 Å². The SMILES string of the molecule is C#CC(C)c1cc(C(=O)OC)n(C)c1. The van der Waals surface area contributed by atoms with Crippen LogP contribution < -0.4 is 0 Å². The van der Waals surface area contributed by atoms with Gasteiger partial charge < -0.3 is 9.30 Å². The van der Waals surface area contributed by atoms with Crippen LogP contribution in [0.2, 0.25) is 0 Å². The summed E-state index contributed by atoms with van der Waals surface area (Å²) in [7, 11) is 3.15. The fraction of sp³-hybridized carbons (Fsp3) is 0.364. The lowest BCUT2D eigenvalue weighted by atomic mass is 10.1. The molecule has 3 heteroatoms. The third-order valence-corrected chi connectivity index (χ3v) is 2.17. The molecule has 0 N–H and O–H groups in total. The van der Waals surface area contributed by atoms with Crippen LogP contribution in [0.4, 0.5) is 0 Å². The number of hydrogen-bond acceptors (Lipinski definition) is 2. The van der Waals surface area contributed by atoms with Gasteiger partial charge in [-0.25, -0.2) is 4.79 Å². The number of nitrogens with zero attached hydrogens (tertiary/aromatic N) is 1. The lowest BCUT2D eigenvalue weighted by Gasteiger charge is -1.98. The molecule has 1 aromatic heterocycles. The van der Waals surface area contributed by atoms with Crippen LogP contribution in [0.1, 0.15) is 28.9 Å². The van der Waals surface area contributed by atoms with E-state index in [0.29, 0.717) is 5.69 Å². The van der Waals surface area contributed by atoms with Gasteiger partial charge in [-0.15, -0.1) is 6.42 Å². The fourth-order valence-corrected chi connectivity index (χ4v) is 1.23. The second-order valence-corrected chi connectivity index (χ2v) is 3.15. The minimum atomic E-state index is -0.344. The van der Waals surface area contributed by atoms with Crippen molar-refractivity contribution in [2.24, 2.45) is 7.05 Å². The Hall–Kier alpha value is -1.69. The van der Waals surface area contributed by atoms with Gasteiger partial charge in [-0.3, -0.25) is 0 Å². The first-order chi connectivity index (χ1) is 6.60. The smallest absolute Gasteiger partial charge is 0.354 e. The molecule has 0 aliphatic rings. The average Bonchev–Trinajstić information content (AvgIpc) is 2.58. The van der Waals surface area contributed by atoms with Crippen molar-refractivity contribution < 1.29 is 9.53 Å². The highest BCUT2D eigenvalue weighted by Crippen LogP contribution is 2.17. The number of aryl methyl sites for hydroxylation is 1. The minimum Gasteiger partial charge on any atom is -0.464 e. The molecule has 3 nitrogen and oxygen atoms in total. The number of terminal acetylenes is 1. The number of methoxy groups -OCH3 is 1. The zero-order chi connectivity index (χ0) is 10.7. The molecular weight excluding hydrogens is 178 g/mol. The number of aromatic nitrogens is 1. The second-order valence-electron chi connectivity index (χ2n) is 3.15. The van der Waals surface area contributed by atoms with Gasteiger partial charge in [0.15, 0.2) is 0 Å². The molecule has 1 rings (SSSR count). The Balaban J connectivity index is 3.06. The van der Waals surface area contributed by atoms with Crippen LogP contribution in [0.15, 0.2) is 12.3 Å². The van der Waals surface area contributed by atoms with E-state index in [1.165, 1.54) is 7.11 Å². The molecule has 1 heterocycles. The van der Waals surface area contributed by atoms with E-state index in [2.05, 4.69) is 10.7 Å². The molecule has 0 fully saturated rings. The third-order valence-electron chi connectivity index (χ3n) is 2.17. The maximum atomic E-state index is 11.3. The van der Waals surface area contributed by atoms with Crippen molar-refractivity contribution in [1.29, 1.82) is 0 Å². The molecule has 0 saturated carbocycles. The second kappa shape index (κ2) is 4.01. The molecule has 74 valence electrons. The highest BCUT2D eigenvalue weighted by Gasteiger charge is 2.13. The Morgan fingerprint density at radius 1 is 1.71 bits per heavy atom. The predicted molar refractivity (Wildman–Crippen MR) is 54.0 cm³/mol. The van der Waals surface area contributed by atoms with Crippen molar-refractivity contribution in [2.75, 3.05) is 7.11 Å². The van der Waals surface area contributed by atoms with E-state index in [1.807, 2.05) is 13.1 Å². The Labute approximate surface area is 83.7 Å². The number of esters is 1. The highest BCUT2D eigenvalue weighted by atomic mass is 16.5. The molecule has 1 aromatic rings. The van der Waals surface area contributed by atoms with Crippen LogP contribution in [0.3, 0.4) is 0 Å². The summed E-state index contributed by atoms with van der Waals surface area (Å²) in [6.07, 6.45) is 7.14. The normalized spacial score (nSPS) is 11.9. The molecule has 14 heavy (non-hydrogen) atoms. The molecule has 0 aliphatic carbocycles. The van der Waals surface area contributed by atoms with Crippen LogP contribution in [0.25, 0.3) is 0 Å².